The SMILES string of the molecule is COc1nc(N)nc2nc(C=C3CC3(CO)CO)[nH]c12. The van der Waals surface area contributed by atoms with Crippen LogP contribution in [0.4, 0.5) is 5.95 Å². The van der Waals surface area contributed by atoms with Gasteiger partial charge in [0.25, 0.3) is 0 Å². The number of aliphatic hydroxyl groups excluding tert-OH is 2. The highest BCUT2D eigenvalue weighted by atomic mass is 16.5. The van der Waals surface area contributed by atoms with Gasteiger partial charge < -0.3 is 25.7 Å². The smallest absolute Gasteiger partial charge is 0.244 e. The third-order valence-corrected chi connectivity index (χ3v) is 3.55. The van der Waals surface area contributed by atoms with Gasteiger partial charge in [-0.1, -0.05) is 5.57 Å². The van der Waals surface area contributed by atoms with Crippen molar-refractivity contribution in [3.63, 3.8) is 0 Å². The zero-order valence-electron chi connectivity index (χ0n) is 10.9. The summed E-state index contributed by atoms with van der Waals surface area (Å²) in [5.41, 5.74) is 6.99. The van der Waals surface area contributed by atoms with Crippen molar-refractivity contribution in [2.24, 2.45) is 5.41 Å². The Kier molecular flexibility index (Phi) is 2.84. The lowest BCUT2D eigenvalue weighted by atomic mass is 10.1. The van der Waals surface area contributed by atoms with Gasteiger partial charge in [-0.25, -0.2) is 4.98 Å². The Bertz CT molecular complexity index is 690. The lowest BCUT2D eigenvalue weighted by molar-refractivity contribution is 0.143. The second-order valence-electron chi connectivity index (χ2n) is 4.85. The number of nitrogens with two attached hydrogens (primary N) is 1. The molecule has 3 rings (SSSR count). The first-order chi connectivity index (χ1) is 9.61. The van der Waals surface area contributed by atoms with E-state index in [0.717, 1.165) is 5.57 Å². The van der Waals surface area contributed by atoms with E-state index in [1.54, 1.807) is 6.08 Å². The highest BCUT2D eigenvalue weighted by molar-refractivity contribution is 5.79. The minimum atomic E-state index is -0.506. The van der Waals surface area contributed by atoms with Gasteiger partial charge in [0, 0.05) is 5.41 Å². The predicted molar refractivity (Wildman–Crippen MR) is 71.8 cm³/mol. The van der Waals surface area contributed by atoms with E-state index in [2.05, 4.69) is 19.9 Å². The first kappa shape index (κ1) is 12.8. The van der Waals surface area contributed by atoms with Crippen molar-refractivity contribution in [3.05, 3.63) is 11.4 Å². The van der Waals surface area contributed by atoms with Crippen molar-refractivity contribution in [3.8, 4) is 5.88 Å². The van der Waals surface area contributed by atoms with E-state index < -0.39 is 5.41 Å². The van der Waals surface area contributed by atoms with Gasteiger partial charge in [-0.15, -0.1) is 0 Å². The Morgan fingerprint density at radius 2 is 2.10 bits per heavy atom. The van der Waals surface area contributed by atoms with E-state index in [9.17, 15) is 10.2 Å². The van der Waals surface area contributed by atoms with Crippen LogP contribution in [-0.2, 0) is 0 Å². The number of aromatic nitrogens is 4. The van der Waals surface area contributed by atoms with Crippen LogP contribution in [-0.4, -0.2) is 50.5 Å². The van der Waals surface area contributed by atoms with E-state index in [0.29, 0.717) is 29.3 Å². The molecule has 0 aliphatic heterocycles. The number of nitrogens with zero attached hydrogens (tertiary/aromatic N) is 3. The number of aromatic amines is 1. The topological polar surface area (TPSA) is 130 Å². The normalized spacial score (nSPS) is 18.6. The second-order valence-corrected chi connectivity index (χ2v) is 4.85. The maximum absolute atomic E-state index is 9.27. The Labute approximate surface area is 114 Å². The van der Waals surface area contributed by atoms with Crippen LogP contribution in [0.15, 0.2) is 5.57 Å². The van der Waals surface area contributed by atoms with Gasteiger partial charge in [0.1, 0.15) is 11.3 Å². The van der Waals surface area contributed by atoms with Crippen molar-refractivity contribution < 1.29 is 14.9 Å². The van der Waals surface area contributed by atoms with Crippen molar-refractivity contribution in [1.29, 1.82) is 0 Å². The molecule has 20 heavy (non-hydrogen) atoms. The molecule has 0 aromatic carbocycles. The number of methoxy groups -OCH3 is 1. The first-order valence-electron chi connectivity index (χ1n) is 6.12. The summed E-state index contributed by atoms with van der Waals surface area (Å²) in [6, 6.07) is 0. The van der Waals surface area contributed by atoms with Crippen LogP contribution >= 0.6 is 0 Å². The lowest BCUT2D eigenvalue weighted by Crippen LogP contribution is -2.11. The van der Waals surface area contributed by atoms with Crippen LogP contribution in [0, 0.1) is 5.41 Å². The molecule has 8 heteroatoms. The fraction of sp³-hybridized carbons (Fsp3) is 0.417. The van der Waals surface area contributed by atoms with E-state index in [1.807, 2.05) is 0 Å². The van der Waals surface area contributed by atoms with E-state index in [1.165, 1.54) is 7.11 Å². The molecule has 2 aromatic heterocycles. The van der Waals surface area contributed by atoms with Gasteiger partial charge in [-0.05, 0) is 12.5 Å². The Hall–Kier alpha value is -2.19. The fourth-order valence-electron chi connectivity index (χ4n) is 2.18. The number of nitrogens with one attached hydrogen (secondary N) is 1. The molecule has 5 N–H and O–H groups in total. The highest BCUT2D eigenvalue weighted by Crippen LogP contribution is 2.51. The molecule has 2 aromatic rings. The number of rotatable bonds is 4. The van der Waals surface area contributed by atoms with Crippen LogP contribution in [0.3, 0.4) is 0 Å². The molecule has 1 aliphatic carbocycles. The molecule has 2 heterocycles. The number of hydrogen-bond acceptors (Lipinski definition) is 7. The summed E-state index contributed by atoms with van der Waals surface area (Å²) in [7, 11) is 1.49. The molecule has 0 saturated heterocycles. The van der Waals surface area contributed by atoms with Gasteiger partial charge in [0.2, 0.25) is 11.8 Å². The molecular formula is C12H15N5O3. The van der Waals surface area contributed by atoms with Gasteiger partial charge in [-0.3, -0.25) is 0 Å². The van der Waals surface area contributed by atoms with Gasteiger partial charge >= 0.3 is 0 Å². The average Bonchev–Trinajstić information content (AvgIpc) is 2.99. The van der Waals surface area contributed by atoms with Gasteiger partial charge in [0.05, 0.1) is 20.3 Å². The third-order valence-electron chi connectivity index (χ3n) is 3.55. The molecule has 0 atom stereocenters. The van der Waals surface area contributed by atoms with E-state index in [4.69, 9.17) is 10.5 Å². The minimum absolute atomic E-state index is 0.0777. The summed E-state index contributed by atoms with van der Waals surface area (Å²) in [5, 5.41) is 18.5. The minimum Gasteiger partial charge on any atom is -0.479 e. The summed E-state index contributed by atoms with van der Waals surface area (Å²) < 4.78 is 5.12. The third kappa shape index (κ3) is 1.89. The summed E-state index contributed by atoms with van der Waals surface area (Å²) in [4.78, 5) is 15.3. The number of H-pyrrole nitrogens is 1. The maximum atomic E-state index is 9.27. The summed E-state index contributed by atoms with van der Waals surface area (Å²) >= 11 is 0. The molecule has 0 radical (unpaired) electrons. The molecule has 1 saturated carbocycles. The number of aliphatic hydroxyl groups is 2. The van der Waals surface area contributed by atoms with Crippen LogP contribution in [0.5, 0.6) is 5.88 Å². The zero-order chi connectivity index (χ0) is 14.3. The number of ether oxygens (including phenoxy) is 1. The Morgan fingerprint density at radius 1 is 1.35 bits per heavy atom. The fourth-order valence-corrected chi connectivity index (χ4v) is 2.18. The quantitative estimate of drug-likeness (QED) is 0.603. The maximum Gasteiger partial charge on any atom is 0.244 e. The van der Waals surface area contributed by atoms with Gasteiger partial charge in [0.15, 0.2) is 5.65 Å². The summed E-state index contributed by atoms with van der Waals surface area (Å²) in [5.74, 6) is 0.986. The van der Waals surface area contributed by atoms with Gasteiger partial charge in [-0.2, -0.15) is 9.97 Å². The monoisotopic (exact) mass is 277 g/mol. The Balaban J connectivity index is 2.01. The molecule has 0 unspecified atom stereocenters. The van der Waals surface area contributed by atoms with Crippen molar-refractivity contribution >= 4 is 23.2 Å². The van der Waals surface area contributed by atoms with Crippen LogP contribution in [0.1, 0.15) is 12.2 Å². The van der Waals surface area contributed by atoms with E-state index in [-0.39, 0.29) is 19.2 Å². The molecular weight excluding hydrogens is 262 g/mol. The van der Waals surface area contributed by atoms with Crippen molar-refractivity contribution in [2.45, 2.75) is 6.42 Å². The number of imidazole rings is 1. The van der Waals surface area contributed by atoms with Crippen LogP contribution in [0.25, 0.3) is 17.2 Å². The standard InChI is InChI=1S/C12H15N5O3/c1-20-10-8-9(16-11(13)17-10)15-7(14-8)2-6-3-12(6,4-18)5-19/h2,18-19H,3-5H2,1H3,(H3,13,14,15,16,17). The molecule has 1 fully saturated rings. The van der Waals surface area contributed by atoms with E-state index >= 15 is 0 Å². The van der Waals surface area contributed by atoms with Crippen LogP contribution in [0.2, 0.25) is 0 Å². The largest absolute Gasteiger partial charge is 0.479 e. The average molecular weight is 277 g/mol. The molecule has 0 spiro atoms. The van der Waals surface area contributed by atoms with Crippen molar-refractivity contribution in [2.75, 3.05) is 26.1 Å². The van der Waals surface area contributed by atoms with Crippen LogP contribution < -0.4 is 10.5 Å². The number of anilines is 1. The Morgan fingerprint density at radius 3 is 2.70 bits per heavy atom. The molecule has 1 aliphatic rings. The number of nitrogen functional groups attached to an aromatic ring is 1. The highest BCUT2D eigenvalue weighted by Gasteiger charge is 2.47. The summed E-state index contributed by atoms with van der Waals surface area (Å²) in [6.45, 7) is -0.155. The molecule has 106 valence electrons. The second kappa shape index (κ2) is 4.43. The van der Waals surface area contributed by atoms with Crippen molar-refractivity contribution in [1.82, 2.24) is 19.9 Å². The lowest BCUT2D eigenvalue weighted by Gasteiger charge is -2.04. The molecule has 8 nitrogen and oxygen atoms in total. The molecule has 0 amide bonds. The first-order valence-corrected chi connectivity index (χ1v) is 6.12. The zero-order valence-corrected chi connectivity index (χ0v) is 10.9. The number of hydrogen-bond donors (Lipinski definition) is 4. The number of fused-ring (bicyclic) bond motifs is 1. The molecule has 0 bridgehead atoms. The summed E-state index contributed by atoms with van der Waals surface area (Å²) in [6.07, 6.45) is 2.45. The predicted octanol–water partition coefficient (Wildman–Crippen LogP) is -0.298.